The van der Waals surface area contributed by atoms with Gasteiger partial charge in [-0.2, -0.15) is 0 Å². The number of piperidine rings is 1. The summed E-state index contributed by atoms with van der Waals surface area (Å²) in [7, 11) is 0. The summed E-state index contributed by atoms with van der Waals surface area (Å²) in [6.07, 6.45) is 10.8. The van der Waals surface area contributed by atoms with E-state index in [1.165, 1.54) is 5.57 Å². The summed E-state index contributed by atoms with van der Waals surface area (Å²) in [5.41, 5.74) is 1.63. The van der Waals surface area contributed by atoms with E-state index in [1.54, 1.807) is 6.20 Å². The fraction of sp³-hybridized carbons (Fsp3) is 0.706. The van der Waals surface area contributed by atoms with Crippen molar-refractivity contribution in [3.63, 3.8) is 0 Å². The highest BCUT2D eigenvalue weighted by atomic mass is 16.2. The largest absolute Gasteiger partial charge is 0.342 e. The smallest absolute Gasteiger partial charge is 0.222 e. The molecule has 1 fully saturated rings. The third-order valence-corrected chi connectivity index (χ3v) is 4.46. The number of carbonyl (C=O) groups is 1. The summed E-state index contributed by atoms with van der Waals surface area (Å²) in [6.45, 7) is 9.13. The molecule has 1 atom stereocenters. The number of aromatic nitrogens is 3. The normalized spacial score (nSPS) is 22.0. The second-order valence-corrected chi connectivity index (χ2v) is 6.97. The molecule has 1 saturated heterocycles. The lowest BCUT2D eigenvalue weighted by molar-refractivity contribution is -0.137. The van der Waals surface area contributed by atoms with Crippen LogP contribution in [-0.4, -0.2) is 38.9 Å². The fourth-order valence-corrected chi connectivity index (χ4v) is 3.09. The van der Waals surface area contributed by atoms with Gasteiger partial charge in [0.15, 0.2) is 0 Å². The van der Waals surface area contributed by atoms with E-state index in [0.717, 1.165) is 45.3 Å². The zero-order chi connectivity index (χ0) is 16.0. The average Bonchev–Trinajstić information content (AvgIpc) is 2.96. The molecule has 1 unspecified atom stereocenters. The number of nitrogens with zero attached hydrogens (tertiary/aromatic N) is 4. The first kappa shape index (κ1) is 16.7. The monoisotopic (exact) mass is 304 g/mol. The van der Waals surface area contributed by atoms with Gasteiger partial charge in [-0.1, -0.05) is 23.8 Å². The molecule has 2 rings (SSSR count). The third kappa shape index (κ3) is 4.97. The predicted octanol–water partition coefficient (Wildman–Crippen LogP) is 3.04. The first-order valence-corrected chi connectivity index (χ1v) is 8.24. The molecule has 1 aromatic heterocycles. The Morgan fingerprint density at radius 3 is 2.91 bits per heavy atom. The number of rotatable bonds is 7. The molecular weight excluding hydrogens is 276 g/mol. The molecule has 5 heteroatoms. The Morgan fingerprint density at radius 2 is 2.23 bits per heavy atom. The molecule has 1 aliphatic rings. The number of allylic oxidation sites excluding steroid dienone is 2. The van der Waals surface area contributed by atoms with Crippen LogP contribution in [0.25, 0.3) is 0 Å². The molecule has 0 aliphatic carbocycles. The molecule has 0 bridgehead atoms. The van der Waals surface area contributed by atoms with Crippen molar-refractivity contribution < 1.29 is 4.79 Å². The number of hydrogen-bond donors (Lipinski definition) is 0. The molecule has 0 N–H and O–H groups in total. The van der Waals surface area contributed by atoms with Gasteiger partial charge in [-0.3, -0.25) is 9.48 Å². The van der Waals surface area contributed by atoms with Crippen LogP contribution in [0, 0.1) is 5.41 Å². The highest BCUT2D eigenvalue weighted by Gasteiger charge is 2.33. The molecular formula is C17H28N4O. The van der Waals surface area contributed by atoms with Crippen LogP contribution in [-0.2, 0) is 11.3 Å². The molecule has 1 aromatic rings. The Kier molecular flexibility index (Phi) is 5.75. The van der Waals surface area contributed by atoms with Gasteiger partial charge >= 0.3 is 0 Å². The quantitative estimate of drug-likeness (QED) is 0.728. The van der Waals surface area contributed by atoms with Crippen molar-refractivity contribution in [1.82, 2.24) is 19.9 Å². The van der Waals surface area contributed by atoms with Crippen LogP contribution in [0.1, 0.15) is 52.9 Å². The van der Waals surface area contributed by atoms with Gasteiger partial charge in [0.05, 0.1) is 6.20 Å². The van der Waals surface area contributed by atoms with Crippen LogP contribution in [0.15, 0.2) is 24.0 Å². The van der Waals surface area contributed by atoms with Gasteiger partial charge in [-0.15, -0.1) is 5.10 Å². The Balaban J connectivity index is 1.81. The number of likely N-dealkylation sites (tertiary alicyclic amines) is 1. The van der Waals surface area contributed by atoms with Crippen molar-refractivity contribution in [2.24, 2.45) is 5.41 Å². The van der Waals surface area contributed by atoms with Gasteiger partial charge < -0.3 is 4.90 Å². The lowest BCUT2D eigenvalue weighted by Crippen LogP contribution is -2.45. The van der Waals surface area contributed by atoms with E-state index >= 15 is 0 Å². The highest BCUT2D eigenvalue weighted by Crippen LogP contribution is 2.34. The van der Waals surface area contributed by atoms with Crippen LogP contribution in [0.5, 0.6) is 0 Å². The van der Waals surface area contributed by atoms with E-state index in [-0.39, 0.29) is 5.41 Å². The Bertz CT molecular complexity index is 505. The van der Waals surface area contributed by atoms with Crippen molar-refractivity contribution in [3.8, 4) is 0 Å². The van der Waals surface area contributed by atoms with E-state index in [1.807, 2.05) is 15.8 Å². The van der Waals surface area contributed by atoms with Crippen molar-refractivity contribution in [3.05, 3.63) is 24.0 Å². The summed E-state index contributed by atoms with van der Waals surface area (Å²) in [6, 6.07) is 0. The zero-order valence-electron chi connectivity index (χ0n) is 14.1. The van der Waals surface area contributed by atoms with Crippen molar-refractivity contribution in [1.29, 1.82) is 0 Å². The lowest BCUT2D eigenvalue weighted by atomic mass is 9.77. The standard InChI is InChI=1S/C17H28N4O/c1-15(2)6-4-8-17(3)9-7-16(22)20(14-17)11-5-12-21-13-10-18-19-21/h6,10,13H,4-5,7-9,11-12,14H2,1-3H3. The number of carbonyl (C=O) groups excluding carboxylic acids is 1. The van der Waals surface area contributed by atoms with Crippen molar-refractivity contribution >= 4 is 5.91 Å². The maximum atomic E-state index is 12.1. The minimum atomic E-state index is 0.257. The van der Waals surface area contributed by atoms with Crippen LogP contribution in [0.4, 0.5) is 0 Å². The number of hydrogen-bond acceptors (Lipinski definition) is 3. The number of amides is 1. The summed E-state index contributed by atoms with van der Waals surface area (Å²) >= 11 is 0. The molecule has 0 aromatic carbocycles. The van der Waals surface area contributed by atoms with Gasteiger partial charge in [-0.05, 0) is 44.9 Å². The fourth-order valence-electron chi connectivity index (χ4n) is 3.09. The van der Waals surface area contributed by atoms with Gasteiger partial charge in [0, 0.05) is 32.3 Å². The molecule has 122 valence electrons. The second kappa shape index (κ2) is 7.56. The van der Waals surface area contributed by atoms with Crippen LogP contribution in [0.3, 0.4) is 0 Å². The summed E-state index contributed by atoms with van der Waals surface area (Å²) in [5.74, 6) is 0.304. The van der Waals surface area contributed by atoms with Crippen LogP contribution in [0.2, 0.25) is 0 Å². The molecule has 2 heterocycles. The molecule has 0 spiro atoms. The summed E-state index contributed by atoms with van der Waals surface area (Å²) < 4.78 is 1.82. The maximum absolute atomic E-state index is 12.1. The SMILES string of the molecule is CC(C)=CCCC1(C)CCC(=O)N(CCCn2ccnn2)C1. The molecule has 0 radical (unpaired) electrons. The Morgan fingerprint density at radius 1 is 1.41 bits per heavy atom. The second-order valence-electron chi connectivity index (χ2n) is 6.97. The Hall–Kier alpha value is -1.65. The molecule has 1 aliphatic heterocycles. The molecule has 0 saturated carbocycles. The lowest BCUT2D eigenvalue weighted by Gasteiger charge is -2.40. The van der Waals surface area contributed by atoms with Crippen molar-refractivity contribution in [2.75, 3.05) is 13.1 Å². The minimum Gasteiger partial charge on any atom is -0.342 e. The van der Waals surface area contributed by atoms with Crippen LogP contribution < -0.4 is 0 Å². The van der Waals surface area contributed by atoms with Gasteiger partial charge in [0.1, 0.15) is 0 Å². The highest BCUT2D eigenvalue weighted by molar-refractivity contribution is 5.77. The molecule has 1 amide bonds. The summed E-state index contributed by atoms with van der Waals surface area (Å²) in [4.78, 5) is 14.2. The van der Waals surface area contributed by atoms with Crippen LogP contribution >= 0.6 is 0 Å². The van der Waals surface area contributed by atoms with E-state index in [2.05, 4.69) is 37.2 Å². The van der Waals surface area contributed by atoms with Crippen molar-refractivity contribution in [2.45, 2.75) is 59.4 Å². The van der Waals surface area contributed by atoms with Gasteiger partial charge in [-0.25, -0.2) is 0 Å². The van der Waals surface area contributed by atoms with Gasteiger partial charge in [0.25, 0.3) is 0 Å². The van der Waals surface area contributed by atoms with Gasteiger partial charge in [0.2, 0.25) is 5.91 Å². The van der Waals surface area contributed by atoms with E-state index < -0.39 is 0 Å². The number of aryl methyl sites for hydroxylation is 1. The molecule has 22 heavy (non-hydrogen) atoms. The first-order valence-electron chi connectivity index (χ1n) is 8.24. The zero-order valence-corrected chi connectivity index (χ0v) is 14.1. The topological polar surface area (TPSA) is 51.0 Å². The van der Waals surface area contributed by atoms with E-state index in [0.29, 0.717) is 12.3 Å². The average molecular weight is 304 g/mol. The first-order chi connectivity index (χ1) is 10.5. The Labute approximate surface area is 133 Å². The minimum absolute atomic E-state index is 0.257. The van der Waals surface area contributed by atoms with E-state index in [9.17, 15) is 4.79 Å². The third-order valence-electron chi connectivity index (χ3n) is 4.46. The maximum Gasteiger partial charge on any atom is 0.222 e. The summed E-state index contributed by atoms with van der Waals surface area (Å²) in [5, 5.41) is 7.76. The van der Waals surface area contributed by atoms with E-state index in [4.69, 9.17) is 0 Å². The predicted molar refractivity (Wildman–Crippen MR) is 87.2 cm³/mol. The molecule has 5 nitrogen and oxygen atoms in total.